The number of hydrogen-bond acceptors (Lipinski definition) is 2. The Hall–Kier alpha value is -0.610. The Morgan fingerprint density at radius 1 is 1.40 bits per heavy atom. The summed E-state index contributed by atoms with van der Waals surface area (Å²) < 4.78 is 5.18. The van der Waals surface area contributed by atoms with Crippen LogP contribution in [0.3, 0.4) is 0 Å². The maximum Gasteiger partial charge on any atom is 0.219 e. The van der Waals surface area contributed by atoms with E-state index in [0.717, 1.165) is 12.0 Å². The van der Waals surface area contributed by atoms with Gasteiger partial charge < -0.3 is 14.6 Å². The summed E-state index contributed by atoms with van der Waals surface area (Å²) in [5, 5.41) is 12.8. The minimum absolute atomic E-state index is 0.359. The first kappa shape index (κ1) is 10.9. The molecule has 1 aromatic rings. The van der Waals surface area contributed by atoms with Crippen LogP contribution in [-0.2, 0) is 4.74 Å². The molecule has 1 aromatic carbocycles. The first-order valence-corrected chi connectivity index (χ1v) is 5.41. The molecule has 1 heterocycles. The Morgan fingerprint density at radius 2 is 2.07 bits per heavy atom. The van der Waals surface area contributed by atoms with Gasteiger partial charge in [-0.15, -0.1) is 0 Å². The van der Waals surface area contributed by atoms with E-state index in [1.54, 1.807) is 19.2 Å². The minimum Gasteiger partial charge on any atom is -0.631 e. The van der Waals surface area contributed by atoms with E-state index in [4.69, 9.17) is 16.3 Å². The first-order chi connectivity index (χ1) is 7.09. The maximum absolute atomic E-state index is 12.1. The molecule has 0 radical (unpaired) electrons. The van der Waals surface area contributed by atoms with Crippen LogP contribution in [0.4, 0.5) is 0 Å². The molecular formula is C11H14ClNO2. The molecule has 0 amide bonds. The number of halogens is 1. The largest absolute Gasteiger partial charge is 0.631 e. The molecule has 3 nitrogen and oxygen atoms in total. The number of nitrogens with zero attached hydrogens (tertiary/aromatic N) is 1. The number of rotatable bonds is 1. The highest BCUT2D eigenvalue weighted by Crippen LogP contribution is 2.31. The number of hydroxylamine groups is 3. The lowest BCUT2D eigenvalue weighted by molar-refractivity contribution is -0.925. The van der Waals surface area contributed by atoms with Crippen molar-refractivity contribution in [2.45, 2.75) is 12.6 Å². The van der Waals surface area contributed by atoms with Gasteiger partial charge in [-0.1, -0.05) is 11.6 Å². The molecule has 2 unspecified atom stereocenters. The van der Waals surface area contributed by atoms with Crippen LogP contribution in [-0.4, -0.2) is 24.8 Å². The van der Waals surface area contributed by atoms with Gasteiger partial charge in [0.1, 0.15) is 0 Å². The molecule has 2 rings (SSSR count). The molecule has 1 saturated heterocycles. The van der Waals surface area contributed by atoms with E-state index in [0.29, 0.717) is 18.2 Å². The first-order valence-electron chi connectivity index (χ1n) is 5.03. The quantitative estimate of drug-likeness (QED) is 0.546. The van der Waals surface area contributed by atoms with Crippen LogP contribution >= 0.6 is 11.6 Å². The molecule has 82 valence electrons. The van der Waals surface area contributed by atoms with Gasteiger partial charge in [0.15, 0.2) is 0 Å². The van der Waals surface area contributed by atoms with Crippen LogP contribution < -0.4 is 0 Å². The van der Waals surface area contributed by atoms with Gasteiger partial charge in [-0.25, -0.2) is 0 Å². The maximum atomic E-state index is 12.1. The third-order valence-electron chi connectivity index (χ3n) is 2.67. The van der Waals surface area contributed by atoms with Crippen molar-refractivity contribution >= 4 is 11.6 Å². The summed E-state index contributed by atoms with van der Waals surface area (Å²) in [7, 11) is 1.65. The van der Waals surface area contributed by atoms with Gasteiger partial charge in [0.2, 0.25) is 6.23 Å². The lowest BCUT2D eigenvalue weighted by Crippen LogP contribution is -2.47. The highest BCUT2D eigenvalue weighted by Gasteiger charge is 2.30. The highest BCUT2D eigenvalue weighted by atomic mass is 35.5. The van der Waals surface area contributed by atoms with Crippen LogP contribution in [0.1, 0.15) is 18.2 Å². The van der Waals surface area contributed by atoms with Gasteiger partial charge in [0.25, 0.3) is 0 Å². The molecule has 0 spiro atoms. The fraction of sp³-hybridized carbons (Fsp3) is 0.455. The van der Waals surface area contributed by atoms with Crippen molar-refractivity contribution in [3.8, 4) is 0 Å². The van der Waals surface area contributed by atoms with Crippen LogP contribution in [0.15, 0.2) is 24.3 Å². The van der Waals surface area contributed by atoms with Crippen molar-refractivity contribution in [1.29, 1.82) is 0 Å². The average molecular weight is 228 g/mol. The third-order valence-corrected chi connectivity index (χ3v) is 2.93. The van der Waals surface area contributed by atoms with Gasteiger partial charge in [0, 0.05) is 17.0 Å². The second kappa shape index (κ2) is 4.10. The molecule has 0 bridgehead atoms. The fourth-order valence-electron chi connectivity index (χ4n) is 1.89. The zero-order valence-electron chi connectivity index (χ0n) is 8.65. The topological polar surface area (TPSA) is 32.3 Å². The van der Waals surface area contributed by atoms with Gasteiger partial charge in [0.05, 0.1) is 20.2 Å². The lowest BCUT2D eigenvalue weighted by Gasteiger charge is -2.47. The molecule has 1 aliphatic heterocycles. The van der Waals surface area contributed by atoms with E-state index in [1.807, 2.05) is 12.1 Å². The smallest absolute Gasteiger partial charge is 0.219 e. The number of hydrogen-bond donors (Lipinski definition) is 0. The van der Waals surface area contributed by atoms with E-state index < -0.39 is 6.23 Å². The zero-order valence-corrected chi connectivity index (χ0v) is 9.41. The Bertz CT molecular complexity index is 337. The average Bonchev–Trinajstić information content (AvgIpc) is 2.19. The summed E-state index contributed by atoms with van der Waals surface area (Å²) in [6.07, 6.45) is 0.417. The predicted molar refractivity (Wildman–Crippen MR) is 59.2 cm³/mol. The van der Waals surface area contributed by atoms with Gasteiger partial charge in [-0.05, 0) is 24.3 Å². The molecule has 15 heavy (non-hydrogen) atoms. The molecule has 4 heteroatoms. The summed E-state index contributed by atoms with van der Waals surface area (Å²) in [4.78, 5) is 0. The van der Waals surface area contributed by atoms with Gasteiger partial charge >= 0.3 is 0 Å². The van der Waals surface area contributed by atoms with E-state index >= 15 is 0 Å². The summed E-state index contributed by atoms with van der Waals surface area (Å²) >= 11 is 5.80. The normalized spacial score (nSPS) is 31.5. The van der Waals surface area contributed by atoms with Crippen molar-refractivity contribution < 1.29 is 9.38 Å². The predicted octanol–water partition coefficient (Wildman–Crippen LogP) is 2.70. The Balaban J connectivity index is 2.25. The Labute approximate surface area is 94.4 Å². The molecule has 0 saturated carbocycles. The monoisotopic (exact) mass is 227 g/mol. The number of benzene rings is 1. The van der Waals surface area contributed by atoms with Crippen molar-refractivity contribution in [2.75, 3.05) is 20.2 Å². The van der Waals surface area contributed by atoms with Gasteiger partial charge in [-0.3, -0.25) is 0 Å². The Kier molecular flexibility index (Phi) is 2.98. The van der Waals surface area contributed by atoms with Crippen molar-refractivity contribution in [3.63, 3.8) is 0 Å². The fourth-order valence-corrected chi connectivity index (χ4v) is 2.01. The summed E-state index contributed by atoms with van der Waals surface area (Å²) in [6.45, 7) is 1.26. The summed E-state index contributed by atoms with van der Waals surface area (Å²) in [5.41, 5.74) is 0.900. The third kappa shape index (κ3) is 2.32. The van der Waals surface area contributed by atoms with E-state index in [2.05, 4.69) is 0 Å². The second-order valence-corrected chi connectivity index (χ2v) is 4.46. The SMILES string of the molecule is C[N+]1([O-])CCCOC1c1ccc(Cl)cc1. The van der Waals surface area contributed by atoms with Gasteiger partial charge in [-0.2, -0.15) is 0 Å². The van der Waals surface area contributed by atoms with Crippen molar-refractivity contribution in [1.82, 2.24) is 0 Å². The zero-order chi connectivity index (χ0) is 10.9. The highest BCUT2D eigenvalue weighted by molar-refractivity contribution is 6.30. The number of ether oxygens (including phenoxy) is 1. The van der Waals surface area contributed by atoms with E-state index in [1.165, 1.54) is 0 Å². The summed E-state index contributed by atoms with van der Waals surface area (Å²) in [6, 6.07) is 7.28. The van der Waals surface area contributed by atoms with Crippen molar-refractivity contribution in [3.05, 3.63) is 40.1 Å². The second-order valence-electron chi connectivity index (χ2n) is 4.03. The van der Waals surface area contributed by atoms with E-state index in [9.17, 15) is 5.21 Å². The standard InChI is InChI=1S/C11H14ClNO2/c1-13(14)7-2-8-15-11(13)9-3-5-10(12)6-4-9/h3-6,11H,2,7-8H2,1H3. The molecule has 2 atom stereocenters. The lowest BCUT2D eigenvalue weighted by atomic mass is 10.1. The molecule has 0 N–H and O–H groups in total. The van der Waals surface area contributed by atoms with Crippen LogP contribution in [0.2, 0.25) is 5.02 Å². The molecule has 0 aliphatic carbocycles. The molecule has 0 aromatic heterocycles. The minimum atomic E-state index is -0.406. The van der Waals surface area contributed by atoms with Crippen molar-refractivity contribution in [2.24, 2.45) is 0 Å². The summed E-state index contributed by atoms with van der Waals surface area (Å²) in [5.74, 6) is 0. The molecular weight excluding hydrogens is 214 g/mol. The van der Waals surface area contributed by atoms with E-state index in [-0.39, 0.29) is 4.65 Å². The van der Waals surface area contributed by atoms with Crippen LogP contribution in [0, 0.1) is 5.21 Å². The number of quaternary nitrogens is 1. The van der Waals surface area contributed by atoms with Crippen LogP contribution in [0.5, 0.6) is 0 Å². The molecule has 1 fully saturated rings. The Morgan fingerprint density at radius 3 is 2.67 bits per heavy atom. The molecule has 1 aliphatic rings. The van der Waals surface area contributed by atoms with Crippen LogP contribution in [0.25, 0.3) is 0 Å².